The molecule has 0 aliphatic rings. The molecule has 2 amide bonds. The third-order valence-electron chi connectivity index (χ3n) is 3.54. The van der Waals surface area contributed by atoms with E-state index < -0.39 is 11.8 Å². The Labute approximate surface area is 139 Å². The number of carbonyl (C=O) groups excluding carboxylic acids is 2. The van der Waals surface area contributed by atoms with E-state index in [0.717, 1.165) is 5.56 Å². The van der Waals surface area contributed by atoms with Crippen LogP contribution in [0.4, 0.5) is 5.69 Å². The van der Waals surface area contributed by atoms with Crippen LogP contribution in [0.1, 0.15) is 11.6 Å². The van der Waals surface area contributed by atoms with Gasteiger partial charge >= 0.3 is 11.8 Å². The first-order valence-electron chi connectivity index (χ1n) is 7.46. The van der Waals surface area contributed by atoms with Crippen LogP contribution < -0.4 is 16.1 Å². The fraction of sp³-hybridized carbons (Fsp3) is 0.235. The Morgan fingerprint density at radius 1 is 1.12 bits per heavy atom. The van der Waals surface area contributed by atoms with Gasteiger partial charge in [-0.1, -0.05) is 30.3 Å². The van der Waals surface area contributed by atoms with Gasteiger partial charge in [-0.3, -0.25) is 14.4 Å². The lowest BCUT2D eigenvalue weighted by molar-refractivity contribution is -0.136. The van der Waals surface area contributed by atoms with E-state index in [9.17, 15) is 14.4 Å². The average molecular weight is 328 g/mol. The molecule has 2 aromatic rings. The molecule has 7 heteroatoms. The summed E-state index contributed by atoms with van der Waals surface area (Å²) in [5.74, 6) is -1.67. The number of nitrogens with zero attached hydrogens (tertiary/aromatic N) is 1. The third-order valence-corrected chi connectivity index (χ3v) is 3.54. The number of benzene rings is 1. The van der Waals surface area contributed by atoms with Crippen LogP contribution in [0, 0.1) is 0 Å². The highest BCUT2D eigenvalue weighted by Gasteiger charge is 2.19. The molecule has 1 aromatic heterocycles. The highest BCUT2D eigenvalue weighted by atomic mass is 16.2. The van der Waals surface area contributed by atoms with Crippen LogP contribution in [0.5, 0.6) is 0 Å². The molecule has 0 aliphatic heterocycles. The molecule has 0 spiro atoms. The Hall–Kier alpha value is -2.93. The number of rotatable bonds is 5. The van der Waals surface area contributed by atoms with E-state index in [1.54, 1.807) is 0 Å². The molecule has 24 heavy (non-hydrogen) atoms. The zero-order valence-corrected chi connectivity index (χ0v) is 13.6. The molecule has 1 aromatic carbocycles. The molecule has 2 rings (SSSR count). The number of aromatic amines is 1. The van der Waals surface area contributed by atoms with Crippen molar-refractivity contribution in [3.8, 4) is 0 Å². The summed E-state index contributed by atoms with van der Waals surface area (Å²) < 4.78 is 0. The van der Waals surface area contributed by atoms with Crippen molar-refractivity contribution in [1.82, 2.24) is 15.2 Å². The summed E-state index contributed by atoms with van der Waals surface area (Å²) in [4.78, 5) is 40.0. The summed E-state index contributed by atoms with van der Waals surface area (Å²) in [6.45, 7) is 0.272. The van der Waals surface area contributed by atoms with Gasteiger partial charge < -0.3 is 20.5 Å². The lowest BCUT2D eigenvalue weighted by Gasteiger charge is -2.24. The zero-order chi connectivity index (χ0) is 17.5. The normalized spacial score (nSPS) is 11.8. The molecule has 126 valence electrons. The Bertz CT molecular complexity index is 756. The van der Waals surface area contributed by atoms with Gasteiger partial charge in [0.25, 0.3) is 0 Å². The second-order valence-electron chi connectivity index (χ2n) is 5.48. The Morgan fingerprint density at radius 2 is 1.83 bits per heavy atom. The van der Waals surface area contributed by atoms with E-state index in [4.69, 9.17) is 0 Å². The monoisotopic (exact) mass is 328 g/mol. The van der Waals surface area contributed by atoms with E-state index >= 15 is 0 Å². The highest BCUT2D eigenvalue weighted by molar-refractivity contribution is 6.39. The number of pyridine rings is 1. The largest absolute Gasteiger partial charge is 0.366 e. The predicted molar refractivity (Wildman–Crippen MR) is 91.6 cm³/mol. The van der Waals surface area contributed by atoms with E-state index in [1.807, 2.05) is 49.3 Å². The van der Waals surface area contributed by atoms with Gasteiger partial charge in [0.2, 0.25) is 5.43 Å². The van der Waals surface area contributed by atoms with Gasteiger partial charge in [0.15, 0.2) is 0 Å². The second kappa shape index (κ2) is 8.07. The summed E-state index contributed by atoms with van der Waals surface area (Å²) in [6.07, 6.45) is 2.78. The molecule has 0 saturated heterocycles. The Kier molecular flexibility index (Phi) is 5.86. The smallest absolute Gasteiger partial charge is 0.313 e. The van der Waals surface area contributed by atoms with Crippen molar-refractivity contribution in [2.45, 2.75) is 6.04 Å². The predicted octanol–water partition coefficient (Wildman–Crippen LogP) is 0.733. The first kappa shape index (κ1) is 17.4. The minimum absolute atomic E-state index is 0.0323. The summed E-state index contributed by atoms with van der Waals surface area (Å²) in [5, 5.41) is 4.89. The third kappa shape index (κ3) is 4.53. The van der Waals surface area contributed by atoms with E-state index in [1.165, 1.54) is 18.5 Å². The minimum atomic E-state index is -0.878. The van der Waals surface area contributed by atoms with Crippen molar-refractivity contribution in [3.05, 3.63) is 64.6 Å². The first-order valence-corrected chi connectivity index (χ1v) is 7.46. The molecule has 0 bridgehead atoms. The van der Waals surface area contributed by atoms with Crippen LogP contribution in [0.3, 0.4) is 0 Å². The number of amides is 2. The van der Waals surface area contributed by atoms with Gasteiger partial charge in [0.1, 0.15) is 5.69 Å². The van der Waals surface area contributed by atoms with Gasteiger partial charge in [0.05, 0.1) is 6.04 Å². The number of H-pyrrole nitrogens is 1. The van der Waals surface area contributed by atoms with E-state index in [2.05, 4.69) is 15.6 Å². The van der Waals surface area contributed by atoms with Crippen LogP contribution in [0.2, 0.25) is 0 Å². The minimum Gasteiger partial charge on any atom is -0.366 e. The summed E-state index contributed by atoms with van der Waals surface area (Å²) in [6, 6.07) is 10.9. The number of carbonyl (C=O) groups is 2. The lowest BCUT2D eigenvalue weighted by Crippen LogP contribution is -2.40. The van der Waals surface area contributed by atoms with Crippen molar-refractivity contribution in [1.29, 1.82) is 0 Å². The number of likely N-dealkylation sites (N-methyl/N-ethyl adjacent to an activating group) is 1. The highest BCUT2D eigenvalue weighted by Crippen LogP contribution is 2.16. The van der Waals surface area contributed by atoms with Crippen molar-refractivity contribution in [2.24, 2.45) is 0 Å². The quantitative estimate of drug-likeness (QED) is 0.705. The van der Waals surface area contributed by atoms with E-state index in [-0.39, 0.29) is 23.7 Å². The SMILES string of the molecule is CN(C)[C@@H](CNC(=O)C(=O)Nc1c[nH]ccc1=O)c1ccccc1. The number of aromatic nitrogens is 1. The second-order valence-corrected chi connectivity index (χ2v) is 5.48. The first-order chi connectivity index (χ1) is 11.5. The molecule has 7 nitrogen and oxygen atoms in total. The van der Waals surface area contributed by atoms with Crippen molar-refractivity contribution >= 4 is 17.5 Å². The van der Waals surface area contributed by atoms with Gasteiger partial charge in [-0.05, 0) is 19.7 Å². The Morgan fingerprint density at radius 3 is 2.46 bits per heavy atom. The Balaban J connectivity index is 1.97. The van der Waals surface area contributed by atoms with Gasteiger partial charge in [-0.2, -0.15) is 0 Å². The summed E-state index contributed by atoms with van der Waals surface area (Å²) in [7, 11) is 3.79. The van der Waals surface area contributed by atoms with Crippen molar-refractivity contribution < 1.29 is 9.59 Å². The molecular weight excluding hydrogens is 308 g/mol. The van der Waals surface area contributed by atoms with Crippen LogP contribution in [0.15, 0.2) is 53.6 Å². The standard InChI is InChI=1S/C17H20N4O3/c1-21(2)14(12-6-4-3-5-7-12)11-19-16(23)17(24)20-13-10-18-9-8-15(13)22/h3-10,14H,11H2,1-2H3,(H,18,22)(H,19,23)(H,20,24)/t14-/m0/s1. The topological polar surface area (TPSA) is 94.3 Å². The molecule has 1 atom stereocenters. The number of nitrogens with one attached hydrogen (secondary N) is 3. The summed E-state index contributed by atoms with van der Waals surface area (Å²) >= 11 is 0. The van der Waals surface area contributed by atoms with E-state index in [0.29, 0.717) is 0 Å². The zero-order valence-electron chi connectivity index (χ0n) is 13.6. The maximum Gasteiger partial charge on any atom is 0.313 e. The van der Waals surface area contributed by atoms with Crippen LogP contribution in [-0.2, 0) is 9.59 Å². The van der Waals surface area contributed by atoms with Gasteiger partial charge in [-0.15, -0.1) is 0 Å². The number of hydrogen-bond donors (Lipinski definition) is 3. The maximum absolute atomic E-state index is 12.0. The molecular formula is C17H20N4O3. The fourth-order valence-corrected chi connectivity index (χ4v) is 2.24. The molecule has 0 radical (unpaired) electrons. The fourth-order valence-electron chi connectivity index (χ4n) is 2.24. The van der Waals surface area contributed by atoms with Crippen LogP contribution in [0.25, 0.3) is 0 Å². The molecule has 0 aliphatic carbocycles. The number of anilines is 1. The number of hydrogen-bond acceptors (Lipinski definition) is 4. The van der Waals surface area contributed by atoms with Gasteiger partial charge in [0, 0.05) is 25.0 Å². The average Bonchev–Trinajstić information content (AvgIpc) is 2.57. The van der Waals surface area contributed by atoms with Crippen molar-refractivity contribution in [3.63, 3.8) is 0 Å². The molecule has 0 unspecified atom stereocenters. The summed E-state index contributed by atoms with van der Waals surface area (Å²) in [5.41, 5.74) is 0.693. The molecule has 0 saturated carbocycles. The van der Waals surface area contributed by atoms with Crippen molar-refractivity contribution in [2.75, 3.05) is 26.0 Å². The van der Waals surface area contributed by atoms with Crippen LogP contribution in [-0.4, -0.2) is 42.3 Å². The molecule has 1 heterocycles. The van der Waals surface area contributed by atoms with Crippen LogP contribution >= 0.6 is 0 Å². The maximum atomic E-state index is 12.0. The lowest BCUT2D eigenvalue weighted by atomic mass is 10.1. The van der Waals surface area contributed by atoms with Gasteiger partial charge in [-0.25, -0.2) is 0 Å². The molecule has 0 fully saturated rings. The molecule has 3 N–H and O–H groups in total.